The van der Waals surface area contributed by atoms with Gasteiger partial charge in [-0.05, 0) is 23.8 Å². The Morgan fingerprint density at radius 3 is 2.62 bits per heavy atom. The van der Waals surface area contributed by atoms with Crippen LogP contribution in [-0.2, 0) is 11.3 Å². The highest BCUT2D eigenvalue weighted by Gasteiger charge is 2.32. The van der Waals surface area contributed by atoms with E-state index >= 15 is 0 Å². The van der Waals surface area contributed by atoms with Crippen LogP contribution >= 0.6 is 24.0 Å². The Morgan fingerprint density at radius 1 is 1.17 bits per heavy atom. The van der Waals surface area contributed by atoms with Crippen LogP contribution in [-0.4, -0.2) is 25.4 Å². The summed E-state index contributed by atoms with van der Waals surface area (Å²) in [7, 11) is 0. The number of aromatic hydroxyl groups is 2. The first kappa shape index (κ1) is 16.5. The lowest BCUT2D eigenvalue weighted by Gasteiger charge is -2.15. The fourth-order valence-corrected chi connectivity index (χ4v) is 3.37. The molecule has 1 saturated heterocycles. The van der Waals surface area contributed by atoms with Crippen molar-refractivity contribution >= 4 is 40.3 Å². The minimum atomic E-state index is -0.270. The Labute approximate surface area is 148 Å². The highest BCUT2D eigenvalue weighted by Crippen LogP contribution is 2.34. The molecule has 1 amide bonds. The number of rotatable bonds is 4. The maximum Gasteiger partial charge on any atom is 0.280 e. The Hall–Kier alpha value is -2.35. The standard InChI is InChI=1S/C17H14N2O3S2/c20-13-7-6-12(14(21)9-13)8-15-16(22)19(17(23)24-15)18-10-11-4-2-1-3-5-11/h1-9,18,20-21H,10H2/b15-8+. The molecule has 3 rings (SSSR count). The zero-order valence-electron chi connectivity index (χ0n) is 12.5. The molecular formula is C17H14N2O3S2. The van der Waals surface area contributed by atoms with E-state index in [9.17, 15) is 15.0 Å². The third-order valence-electron chi connectivity index (χ3n) is 3.38. The van der Waals surface area contributed by atoms with Gasteiger partial charge in [0.2, 0.25) is 0 Å². The van der Waals surface area contributed by atoms with Crippen LogP contribution in [0.15, 0.2) is 53.4 Å². The minimum absolute atomic E-state index is 0.0401. The average molecular weight is 358 g/mol. The highest BCUT2D eigenvalue weighted by molar-refractivity contribution is 8.26. The molecule has 0 aromatic heterocycles. The monoisotopic (exact) mass is 358 g/mol. The van der Waals surface area contributed by atoms with Crippen molar-refractivity contribution in [2.24, 2.45) is 0 Å². The number of benzene rings is 2. The minimum Gasteiger partial charge on any atom is -0.508 e. The Morgan fingerprint density at radius 2 is 1.92 bits per heavy atom. The first-order valence-corrected chi connectivity index (χ1v) is 8.34. The fraction of sp³-hybridized carbons (Fsp3) is 0.0588. The van der Waals surface area contributed by atoms with E-state index in [0.29, 0.717) is 21.3 Å². The van der Waals surface area contributed by atoms with E-state index in [1.807, 2.05) is 30.3 Å². The van der Waals surface area contributed by atoms with Crippen molar-refractivity contribution in [3.8, 4) is 11.5 Å². The number of nitrogens with one attached hydrogen (secondary N) is 1. The van der Waals surface area contributed by atoms with Crippen LogP contribution < -0.4 is 5.43 Å². The molecule has 7 heteroatoms. The van der Waals surface area contributed by atoms with E-state index in [-0.39, 0.29) is 17.4 Å². The van der Waals surface area contributed by atoms with Crippen LogP contribution in [0.3, 0.4) is 0 Å². The third kappa shape index (κ3) is 3.59. The number of carbonyl (C=O) groups excluding carboxylic acids is 1. The molecule has 1 heterocycles. The molecule has 122 valence electrons. The van der Waals surface area contributed by atoms with E-state index in [1.165, 1.54) is 23.2 Å². The largest absolute Gasteiger partial charge is 0.508 e. The molecule has 3 N–H and O–H groups in total. The number of phenols is 2. The number of hydrogen-bond donors (Lipinski definition) is 3. The molecule has 0 unspecified atom stereocenters. The molecule has 5 nitrogen and oxygen atoms in total. The summed E-state index contributed by atoms with van der Waals surface area (Å²) in [5, 5.41) is 20.5. The van der Waals surface area contributed by atoms with Gasteiger partial charge in [0, 0.05) is 18.2 Å². The quantitative estimate of drug-likeness (QED) is 0.576. The maximum absolute atomic E-state index is 12.5. The smallest absolute Gasteiger partial charge is 0.280 e. The number of hydrogen-bond acceptors (Lipinski definition) is 6. The lowest BCUT2D eigenvalue weighted by molar-refractivity contribution is -0.124. The van der Waals surface area contributed by atoms with Gasteiger partial charge in [0.15, 0.2) is 4.32 Å². The number of nitrogens with zero attached hydrogens (tertiary/aromatic N) is 1. The number of thioether (sulfide) groups is 1. The zero-order chi connectivity index (χ0) is 17.1. The van der Waals surface area contributed by atoms with Gasteiger partial charge >= 0.3 is 0 Å². The van der Waals surface area contributed by atoms with Crippen LogP contribution in [0.5, 0.6) is 11.5 Å². The van der Waals surface area contributed by atoms with Crippen molar-refractivity contribution in [2.75, 3.05) is 0 Å². The summed E-state index contributed by atoms with van der Waals surface area (Å²) in [4.78, 5) is 12.9. The Balaban J connectivity index is 1.75. The molecule has 1 aliphatic heterocycles. The SMILES string of the molecule is O=C1/C(=C\c2ccc(O)cc2O)SC(=S)N1NCc1ccccc1. The van der Waals surface area contributed by atoms with Gasteiger partial charge in [-0.15, -0.1) is 0 Å². The summed E-state index contributed by atoms with van der Waals surface area (Å²) in [5.74, 6) is -0.410. The van der Waals surface area contributed by atoms with Gasteiger partial charge in [-0.25, -0.2) is 10.4 Å². The van der Waals surface area contributed by atoms with E-state index in [1.54, 1.807) is 6.08 Å². The van der Waals surface area contributed by atoms with Crippen molar-refractivity contribution in [2.45, 2.75) is 6.54 Å². The third-order valence-corrected chi connectivity index (χ3v) is 4.68. The normalized spacial score (nSPS) is 16.2. The van der Waals surface area contributed by atoms with E-state index in [0.717, 1.165) is 17.3 Å². The molecule has 1 fully saturated rings. The van der Waals surface area contributed by atoms with Gasteiger partial charge in [0.1, 0.15) is 11.5 Å². The topological polar surface area (TPSA) is 72.8 Å². The summed E-state index contributed by atoms with van der Waals surface area (Å²) in [6.07, 6.45) is 1.55. The van der Waals surface area contributed by atoms with Crippen molar-refractivity contribution in [3.05, 3.63) is 64.6 Å². The van der Waals surface area contributed by atoms with Gasteiger partial charge in [-0.1, -0.05) is 54.3 Å². The molecule has 0 bridgehead atoms. The number of carbonyl (C=O) groups is 1. The van der Waals surface area contributed by atoms with E-state index in [4.69, 9.17) is 12.2 Å². The summed E-state index contributed by atoms with van der Waals surface area (Å²) in [6.45, 7) is 0.477. The molecule has 0 aliphatic carbocycles. The van der Waals surface area contributed by atoms with Gasteiger partial charge in [0.05, 0.1) is 4.91 Å². The van der Waals surface area contributed by atoms with Gasteiger partial charge < -0.3 is 10.2 Å². The number of thiocarbonyl (C=S) groups is 1. The second kappa shape index (κ2) is 7.04. The van der Waals surface area contributed by atoms with Gasteiger partial charge in [-0.2, -0.15) is 0 Å². The fourth-order valence-electron chi connectivity index (χ4n) is 2.17. The average Bonchev–Trinajstić information content (AvgIpc) is 2.83. The van der Waals surface area contributed by atoms with Gasteiger partial charge in [0.25, 0.3) is 5.91 Å². The van der Waals surface area contributed by atoms with Crippen LogP contribution in [0.1, 0.15) is 11.1 Å². The molecule has 0 spiro atoms. The van der Waals surface area contributed by atoms with Crippen LogP contribution in [0.25, 0.3) is 6.08 Å². The number of phenolic OH excluding ortho intramolecular Hbond substituents is 2. The van der Waals surface area contributed by atoms with Crippen molar-refractivity contribution in [3.63, 3.8) is 0 Å². The van der Waals surface area contributed by atoms with Crippen LogP contribution in [0.4, 0.5) is 0 Å². The molecule has 0 radical (unpaired) electrons. The second-order valence-electron chi connectivity index (χ2n) is 5.08. The molecular weight excluding hydrogens is 344 g/mol. The predicted octanol–water partition coefficient (Wildman–Crippen LogP) is 3.00. The first-order valence-electron chi connectivity index (χ1n) is 7.12. The van der Waals surface area contributed by atoms with E-state index < -0.39 is 0 Å². The number of hydrazine groups is 1. The highest BCUT2D eigenvalue weighted by atomic mass is 32.2. The summed E-state index contributed by atoms with van der Waals surface area (Å²) in [6, 6.07) is 13.9. The van der Waals surface area contributed by atoms with Crippen molar-refractivity contribution in [1.29, 1.82) is 0 Å². The lowest BCUT2D eigenvalue weighted by Crippen LogP contribution is -2.40. The molecule has 2 aromatic rings. The Kier molecular flexibility index (Phi) is 4.84. The summed E-state index contributed by atoms with van der Waals surface area (Å²) < 4.78 is 0.403. The molecule has 1 aliphatic rings. The molecule has 0 atom stereocenters. The molecule has 2 aromatic carbocycles. The van der Waals surface area contributed by atoms with Crippen LogP contribution in [0.2, 0.25) is 0 Å². The van der Waals surface area contributed by atoms with Crippen molar-refractivity contribution < 1.29 is 15.0 Å². The zero-order valence-corrected chi connectivity index (χ0v) is 14.1. The van der Waals surface area contributed by atoms with Crippen LogP contribution in [0, 0.1) is 0 Å². The second-order valence-corrected chi connectivity index (χ2v) is 6.76. The molecule has 0 saturated carbocycles. The first-order chi connectivity index (χ1) is 11.5. The maximum atomic E-state index is 12.5. The molecule has 24 heavy (non-hydrogen) atoms. The number of amides is 1. The summed E-state index contributed by atoms with van der Waals surface area (Å²) in [5.41, 5.74) is 4.49. The Bertz CT molecular complexity index is 822. The summed E-state index contributed by atoms with van der Waals surface area (Å²) >= 11 is 6.40. The lowest BCUT2D eigenvalue weighted by atomic mass is 10.1. The van der Waals surface area contributed by atoms with Gasteiger partial charge in [-0.3, -0.25) is 4.79 Å². The van der Waals surface area contributed by atoms with E-state index in [2.05, 4.69) is 5.43 Å². The predicted molar refractivity (Wildman–Crippen MR) is 98.1 cm³/mol. The van der Waals surface area contributed by atoms with Crippen molar-refractivity contribution in [1.82, 2.24) is 10.4 Å².